The number of hydrogen-bond acceptors (Lipinski definition) is 4. The maximum atomic E-state index is 14.4. The number of amides is 1. The molecule has 4 rings (SSSR count). The third-order valence-corrected chi connectivity index (χ3v) is 4.73. The highest BCUT2D eigenvalue weighted by Gasteiger charge is 2.37. The number of hydrogen-bond donors (Lipinski definition) is 1. The van der Waals surface area contributed by atoms with Crippen LogP contribution < -0.4 is 4.74 Å². The van der Waals surface area contributed by atoms with E-state index in [2.05, 4.69) is 10.2 Å². The van der Waals surface area contributed by atoms with Crippen LogP contribution in [0.25, 0.3) is 0 Å². The fourth-order valence-corrected chi connectivity index (χ4v) is 3.57. The number of fused-ring (bicyclic) bond motifs is 1. The van der Waals surface area contributed by atoms with Gasteiger partial charge in [-0.1, -0.05) is 6.07 Å². The number of halogens is 1. The van der Waals surface area contributed by atoms with Crippen molar-refractivity contribution in [3.8, 4) is 5.75 Å². The molecule has 1 fully saturated rings. The second-order valence-electron chi connectivity index (χ2n) is 6.03. The first-order chi connectivity index (χ1) is 11.7. The quantitative estimate of drug-likeness (QED) is 0.939. The zero-order chi connectivity index (χ0) is 16.7. The van der Waals surface area contributed by atoms with Crippen LogP contribution in [0.4, 0.5) is 4.39 Å². The van der Waals surface area contributed by atoms with E-state index < -0.39 is 0 Å². The topological polar surface area (TPSA) is 67.5 Å². The summed E-state index contributed by atoms with van der Waals surface area (Å²) in [5.74, 6) is -0.0734. The van der Waals surface area contributed by atoms with Crippen molar-refractivity contribution in [3.63, 3.8) is 0 Å². The molecule has 0 spiro atoms. The molecule has 2 aromatic rings. The third-order valence-electron chi connectivity index (χ3n) is 4.73. The summed E-state index contributed by atoms with van der Waals surface area (Å²) in [5, 5.41) is 7.01. The van der Waals surface area contributed by atoms with Crippen molar-refractivity contribution in [2.24, 2.45) is 0 Å². The molecule has 1 amide bonds. The van der Waals surface area contributed by atoms with Crippen molar-refractivity contribution in [1.29, 1.82) is 0 Å². The lowest BCUT2D eigenvalue weighted by Crippen LogP contribution is -2.32. The molecule has 2 aliphatic heterocycles. The van der Waals surface area contributed by atoms with Crippen LogP contribution in [-0.4, -0.2) is 34.7 Å². The fraction of sp³-hybridized carbons (Fsp3) is 0.412. The highest BCUT2D eigenvalue weighted by molar-refractivity contribution is 5.94. The molecule has 0 saturated carbocycles. The number of aromatic nitrogens is 2. The Morgan fingerprint density at radius 1 is 1.46 bits per heavy atom. The van der Waals surface area contributed by atoms with Crippen LogP contribution in [0, 0.1) is 5.82 Å². The number of likely N-dealkylation sites (tertiary alicyclic amines) is 1. The number of nitrogens with zero attached hydrogens (tertiary/aromatic N) is 2. The lowest BCUT2D eigenvalue weighted by molar-refractivity contribution is 0.0719. The smallest absolute Gasteiger partial charge is 0.275 e. The van der Waals surface area contributed by atoms with Crippen LogP contribution in [0.3, 0.4) is 0 Å². The van der Waals surface area contributed by atoms with E-state index in [1.165, 1.54) is 13.2 Å². The summed E-state index contributed by atoms with van der Waals surface area (Å²) < 4.78 is 25.1. The van der Waals surface area contributed by atoms with Crippen LogP contribution in [0.5, 0.6) is 5.75 Å². The standard InChI is InChI=1S/C17H18FN3O3/c1-23-14-6-2-4-11(18)15(14)13-5-3-7-21(13)17(22)16-10-8-24-9-12(10)19-20-16/h2,4,6,13H,3,5,7-9H2,1H3,(H,19,20). The van der Waals surface area contributed by atoms with Crippen LogP contribution >= 0.6 is 0 Å². The number of carbonyl (C=O) groups is 1. The van der Waals surface area contributed by atoms with Gasteiger partial charge in [-0.2, -0.15) is 5.10 Å². The van der Waals surface area contributed by atoms with Crippen molar-refractivity contribution >= 4 is 5.91 Å². The van der Waals surface area contributed by atoms with Gasteiger partial charge in [0.1, 0.15) is 11.6 Å². The molecule has 6 nitrogen and oxygen atoms in total. The Bertz CT molecular complexity index is 789. The molecule has 1 N–H and O–H groups in total. The van der Waals surface area contributed by atoms with Crippen LogP contribution in [0.15, 0.2) is 18.2 Å². The van der Waals surface area contributed by atoms with Gasteiger partial charge < -0.3 is 14.4 Å². The fourth-order valence-electron chi connectivity index (χ4n) is 3.57. The van der Waals surface area contributed by atoms with E-state index in [9.17, 15) is 9.18 Å². The summed E-state index contributed by atoms with van der Waals surface area (Å²) in [4.78, 5) is 14.7. The number of benzene rings is 1. The van der Waals surface area contributed by atoms with Gasteiger partial charge in [-0.15, -0.1) is 0 Å². The van der Waals surface area contributed by atoms with Crippen molar-refractivity contribution in [3.05, 3.63) is 46.5 Å². The highest BCUT2D eigenvalue weighted by atomic mass is 19.1. The number of methoxy groups -OCH3 is 1. The van der Waals surface area contributed by atoms with Gasteiger partial charge in [-0.3, -0.25) is 9.89 Å². The van der Waals surface area contributed by atoms with Crippen LogP contribution in [0.2, 0.25) is 0 Å². The second-order valence-corrected chi connectivity index (χ2v) is 6.03. The first-order valence-corrected chi connectivity index (χ1v) is 7.98. The van der Waals surface area contributed by atoms with Crippen molar-refractivity contribution < 1.29 is 18.7 Å². The molecule has 0 aliphatic carbocycles. The van der Waals surface area contributed by atoms with Crippen LogP contribution in [0.1, 0.15) is 46.2 Å². The number of nitrogens with one attached hydrogen (secondary N) is 1. The summed E-state index contributed by atoms with van der Waals surface area (Å²) >= 11 is 0. The average Bonchev–Trinajstić information content (AvgIpc) is 3.30. The molecule has 1 atom stereocenters. The largest absolute Gasteiger partial charge is 0.496 e. The number of rotatable bonds is 3. The SMILES string of the molecule is COc1cccc(F)c1C1CCCN1C(=O)c1n[nH]c2c1COC2. The summed E-state index contributed by atoms with van der Waals surface area (Å²) in [6.45, 7) is 1.40. The molecule has 2 aliphatic rings. The Morgan fingerprint density at radius 2 is 2.33 bits per heavy atom. The molecule has 0 radical (unpaired) electrons. The average molecular weight is 331 g/mol. The summed E-state index contributed by atoms with van der Waals surface area (Å²) in [6.07, 6.45) is 1.52. The molecule has 24 heavy (non-hydrogen) atoms. The second kappa shape index (κ2) is 5.90. The van der Waals surface area contributed by atoms with Gasteiger partial charge in [0.2, 0.25) is 0 Å². The molecule has 0 bridgehead atoms. The van der Waals surface area contributed by atoms with E-state index in [4.69, 9.17) is 9.47 Å². The number of carbonyl (C=O) groups excluding carboxylic acids is 1. The summed E-state index contributed by atoms with van der Waals surface area (Å²) in [6, 6.07) is 4.39. The maximum absolute atomic E-state index is 14.4. The number of ether oxygens (including phenoxy) is 2. The Kier molecular flexibility index (Phi) is 3.72. The van der Waals surface area contributed by atoms with Gasteiger partial charge in [-0.25, -0.2) is 4.39 Å². The van der Waals surface area contributed by atoms with Gasteiger partial charge in [-0.05, 0) is 25.0 Å². The monoisotopic (exact) mass is 331 g/mol. The normalized spacial score (nSPS) is 19.6. The minimum absolute atomic E-state index is 0.189. The van der Waals surface area contributed by atoms with E-state index in [1.54, 1.807) is 17.0 Å². The van der Waals surface area contributed by atoms with Gasteiger partial charge in [0.05, 0.1) is 37.6 Å². The minimum Gasteiger partial charge on any atom is -0.496 e. The molecule has 1 saturated heterocycles. The number of aromatic amines is 1. The molecule has 7 heteroatoms. The Balaban J connectivity index is 1.69. The Labute approximate surface area is 138 Å². The molecule has 1 aromatic carbocycles. The first kappa shape index (κ1) is 15.1. The van der Waals surface area contributed by atoms with E-state index in [0.29, 0.717) is 43.2 Å². The zero-order valence-electron chi connectivity index (χ0n) is 13.3. The lowest BCUT2D eigenvalue weighted by Gasteiger charge is -2.26. The van der Waals surface area contributed by atoms with Crippen LogP contribution in [-0.2, 0) is 18.0 Å². The Morgan fingerprint density at radius 3 is 3.17 bits per heavy atom. The van der Waals surface area contributed by atoms with Gasteiger partial charge in [0, 0.05) is 12.1 Å². The third kappa shape index (κ3) is 2.27. The van der Waals surface area contributed by atoms with Crippen molar-refractivity contribution in [1.82, 2.24) is 15.1 Å². The van der Waals surface area contributed by atoms with Crippen molar-refractivity contribution in [2.45, 2.75) is 32.1 Å². The first-order valence-electron chi connectivity index (χ1n) is 7.98. The highest BCUT2D eigenvalue weighted by Crippen LogP contribution is 2.39. The van der Waals surface area contributed by atoms with Crippen molar-refractivity contribution in [2.75, 3.05) is 13.7 Å². The van der Waals surface area contributed by atoms with Gasteiger partial charge in [0.15, 0.2) is 5.69 Å². The summed E-state index contributed by atoms with van der Waals surface area (Å²) in [7, 11) is 1.51. The molecule has 3 heterocycles. The van der Waals surface area contributed by atoms with E-state index in [-0.39, 0.29) is 17.8 Å². The molecular formula is C17H18FN3O3. The van der Waals surface area contributed by atoms with E-state index in [0.717, 1.165) is 17.7 Å². The predicted octanol–water partition coefficient (Wildman–Crippen LogP) is 2.56. The molecule has 126 valence electrons. The molecular weight excluding hydrogens is 313 g/mol. The lowest BCUT2D eigenvalue weighted by atomic mass is 10.0. The Hall–Kier alpha value is -2.41. The molecule has 1 unspecified atom stereocenters. The van der Waals surface area contributed by atoms with E-state index >= 15 is 0 Å². The van der Waals surface area contributed by atoms with Gasteiger partial charge in [0.25, 0.3) is 5.91 Å². The minimum atomic E-state index is -0.352. The van der Waals surface area contributed by atoms with E-state index in [1.807, 2.05) is 0 Å². The summed E-state index contributed by atoms with van der Waals surface area (Å²) in [5.41, 5.74) is 2.47. The van der Waals surface area contributed by atoms with Gasteiger partial charge >= 0.3 is 0 Å². The maximum Gasteiger partial charge on any atom is 0.275 e. The molecule has 1 aromatic heterocycles. The zero-order valence-corrected chi connectivity index (χ0v) is 13.3. The predicted molar refractivity (Wildman–Crippen MR) is 83.0 cm³/mol. The number of H-pyrrole nitrogens is 1.